The number of amides is 1. The molecule has 0 radical (unpaired) electrons. The molecule has 3 N–H and O–H groups in total. The van der Waals surface area contributed by atoms with E-state index < -0.39 is 10.0 Å². The van der Waals surface area contributed by atoms with Crippen LogP contribution in [0.4, 0.5) is 0 Å². The van der Waals surface area contributed by atoms with Gasteiger partial charge in [-0.1, -0.05) is 15.9 Å². The molecular weight excluding hydrogens is 332 g/mol. The van der Waals surface area contributed by atoms with Crippen LogP contribution in [0.15, 0.2) is 27.6 Å². The van der Waals surface area contributed by atoms with Gasteiger partial charge in [0.1, 0.15) is 0 Å². The van der Waals surface area contributed by atoms with Crippen LogP contribution in [0.5, 0.6) is 0 Å². The Morgan fingerprint density at radius 3 is 2.68 bits per heavy atom. The van der Waals surface area contributed by atoms with E-state index in [0.29, 0.717) is 23.9 Å². The zero-order valence-electron chi connectivity index (χ0n) is 10.0. The fraction of sp³-hybridized carbons (Fsp3) is 0.250. The first kappa shape index (κ1) is 15.7. The van der Waals surface area contributed by atoms with Gasteiger partial charge in [-0.3, -0.25) is 4.79 Å². The molecule has 1 aromatic rings. The zero-order chi connectivity index (χ0) is 14.5. The Balaban J connectivity index is 2.87. The fourth-order valence-corrected chi connectivity index (χ4v) is 2.58. The number of nitrogens with two attached hydrogens (primary N) is 1. The molecule has 1 amide bonds. The molecule has 0 saturated carbocycles. The molecular formula is C12H13BrN2O3S. The average Bonchev–Trinajstić information content (AvgIpc) is 2.32. The van der Waals surface area contributed by atoms with Gasteiger partial charge in [0.05, 0.1) is 4.90 Å². The van der Waals surface area contributed by atoms with Crippen LogP contribution in [0.1, 0.15) is 23.2 Å². The molecule has 0 atom stereocenters. The normalized spacial score (nSPS) is 10.8. The van der Waals surface area contributed by atoms with Crippen molar-refractivity contribution in [3.8, 4) is 12.3 Å². The summed E-state index contributed by atoms with van der Waals surface area (Å²) >= 11 is 3.14. The van der Waals surface area contributed by atoms with E-state index in [1.165, 1.54) is 18.2 Å². The molecule has 5 nitrogen and oxygen atoms in total. The molecule has 7 heteroatoms. The van der Waals surface area contributed by atoms with Gasteiger partial charge in [-0.2, -0.15) is 0 Å². The van der Waals surface area contributed by atoms with Gasteiger partial charge >= 0.3 is 0 Å². The Labute approximate surface area is 120 Å². The average molecular weight is 345 g/mol. The van der Waals surface area contributed by atoms with E-state index in [1.807, 2.05) is 0 Å². The lowest BCUT2D eigenvalue weighted by Crippen LogP contribution is -2.25. The molecule has 0 heterocycles. The summed E-state index contributed by atoms with van der Waals surface area (Å²) in [5.74, 6) is 2.09. The monoisotopic (exact) mass is 344 g/mol. The molecule has 0 unspecified atom stereocenters. The van der Waals surface area contributed by atoms with Crippen molar-refractivity contribution in [1.29, 1.82) is 0 Å². The van der Waals surface area contributed by atoms with Crippen molar-refractivity contribution in [3.63, 3.8) is 0 Å². The molecule has 0 aliphatic rings. The van der Waals surface area contributed by atoms with E-state index in [-0.39, 0.29) is 16.4 Å². The molecule has 1 aromatic carbocycles. The molecule has 0 aliphatic carbocycles. The van der Waals surface area contributed by atoms with Gasteiger partial charge in [-0.05, 0) is 24.6 Å². The topological polar surface area (TPSA) is 89.3 Å². The highest BCUT2D eigenvalue weighted by molar-refractivity contribution is 9.10. The van der Waals surface area contributed by atoms with E-state index in [0.717, 1.165) is 0 Å². The highest BCUT2D eigenvalue weighted by Crippen LogP contribution is 2.18. The highest BCUT2D eigenvalue weighted by atomic mass is 79.9. The third-order valence-electron chi connectivity index (χ3n) is 2.25. The number of rotatable bonds is 5. The second-order valence-electron chi connectivity index (χ2n) is 3.78. The molecule has 0 aliphatic heterocycles. The summed E-state index contributed by atoms with van der Waals surface area (Å²) in [5, 5.41) is 7.68. The van der Waals surface area contributed by atoms with Gasteiger partial charge in [0.25, 0.3) is 5.91 Å². The number of carbonyl (C=O) groups excluding carboxylic acids is 1. The fourth-order valence-electron chi connectivity index (χ4n) is 1.35. The quantitative estimate of drug-likeness (QED) is 0.622. The van der Waals surface area contributed by atoms with Gasteiger partial charge in [0.15, 0.2) is 0 Å². The Kier molecular flexibility index (Phi) is 5.54. The Morgan fingerprint density at radius 1 is 1.42 bits per heavy atom. The predicted octanol–water partition coefficient (Wildman–Crippen LogP) is 1.24. The number of hydrogen-bond acceptors (Lipinski definition) is 3. The van der Waals surface area contributed by atoms with Crippen molar-refractivity contribution in [2.75, 3.05) is 6.54 Å². The van der Waals surface area contributed by atoms with Crippen LogP contribution in [-0.4, -0.2) is 20.9 Å². The van der Waals surface area contributed by atoms with Crippen molar-refractivity contribution in [2.24, 2.45) is 5.14 Å². The Bertz CT molecular complexity index is 620. The SMILES string of the molecule is C#CCCCNC(=O)c1cc(Br)cc(S(N)(=O)=O)c1. The van der Waals surface area contributed by atoms with Gasteiger partial charge in [-0.15, -0.1) is 12.3 Å². The number of sulfonamides is 1. The van der Waals surface area contributed by atoms with Crippen LogP contribution in [0, 0.1) is 12.3 Å². The number of primary sulfonamides is 1. The maximum absolute atomic E-state index is 11.8. The molecule has 1 rings (SSSR count). The van der Waals surface area contributed by atoms with E-state index >= 15 is 0 Å². The van der Waals surface area contributed by atoms with Gasteiger partial charge < -0.3 is 5.32 Å². The Hall–Kier alpha value is -1.36. The minimum atomic E-state index is -3.85. The molecule has 0 bridgehead atoms. The lowest BCUT2D eigenvalue weighted by Gasteiger charge is -2.06. The number of halogens is 1. The second kappa shape index (κ2) is 6.70. The van der Waals surface area contributed by atoms with Gasteiger partial charge in [0.2, 0.25) is 10.0 Å². The summed E-state index contributed by atoms with van der Waals surface area (Å²) in [6.07, 6.45) is 6.33. The minimum Gasteiger partial charge on any atom is -0.352 e. The number of benzene rings is 1. The summed E-state index contributed by atoms with van der Waals surface area (Å²) < 4.78 is 23.0. The van der Waals surface area contributed by atoms with Crippen molar-refractivity contribution in [1.82, 2.24) is 5.32 Å². The van der Waals surface area contributed by atoms with Crippen LogP contribution in [-0.2, 0) is 10.0 Å². The third kappa shape index (κ3) is 5.03. The van der Waals surface area contributed by atoms with Crippen LogP contribution in [0.3, 0.4) is 0 Å². The van der Waals surface area contributed by atoms with E-state index in [2.05, 4.69) is 27.2 Å². The van der Waals surface area contributed by atoms with Crippen LogP contribution in [0.25, 0.3) is 0 Å². The molecule has 0 fully saturated rings. The molecule has 0 saturated heterocycles. The predicted molar refractivity (Wildman–Crippen MR) is 75.9 cm³/mol. The summed E-state index contributed by atoms with van der Waals surface area (Å²) in [6.45, 7) is 0.431. The number of hydrogen-bond donors (Lipinski definition) is 2. The van der Waals surface area contributed by atoms with Crippen molar-refractivity contribution >= 4 is 31.9 Å². The van der Waals surface area contributed by atoms with Gasteiger partial charge in [0, 0.05) is 23.0 Å². The van der Waals surface area contributed by atoms with Crippen LogP contribution in [0.2, 0.25) is 0 Å². The number of unbranched alkanes of at least 4 members (excludes halogenated alkanes) is 1. The maximum atomic E-state index is 11.8. The first-order valence-electron chi connectivity index (χ1n) is 5.39. The Morgan fingerprint density at radius 2 is 2.11 bits per heavy atom. The summed E-state index contributed by atoms with van der Waals surface area (Å²) in [6, 6.07) is 4.09. The molecule has 102 valence electrons. The maximum Gasteiger partial charge on any atom is 0.251 e. The van der Waals surface area contributed by atoms with E-state index in [1.54, 1.807) is 0 Å². The standard InChI is InChI=1S/C12H13BrN2O3S/c1-2-3-4-5-15-12(16)9-6-10(13)8-11(7-9)19(14,17)18/h1,6-8H,3-5H2,(H,15,16)(H2,14,17,18). The van der Waals surface area contributed by atoms with Crippen LogP contribution < -0.4 is 10.5 Å². The minimum absolute atomic E-state index is 0.115. The lowest BCUT2D eigenvalue weighted by atomic mass is 10.2. The number of terminal acetylenes is 1. The zero-order valence-corrected chi connectivity index (χ0v) is 12.4. The molecule has 0 spiro atoms. The summed E-state index contributed by atoms with van der Waals surface area (Å²) in [7, 11) is -3.85. The first-order chi connectivity index (χ1) is 8.84. The van der Waals surface area contributed by atoms with E-state index in [9.17, 15) is 13.2 Å². The van der Waals surface area contributed by atoms with E-state index in [4.69, 9.17) is 11.6 Å². The molecule has 19 heavy (non-hydrogen) atoms. The van der Waals surface area contributed by atoms with Crippen molar-refractivity contribution in [3.05, 3.63) is 28.2 Å². The first-order valence-corrected chi connectivity index (χ1v) is 7.73. The smallest absolute Gasteiger partial charge is 0.251 e. The number of carbonyl (C=O) groups is 1. The third-order valence-corrected chi connectivity index (χ3v) is 3.60. The van der Waals surface area contributed by atoms with Gasteiger partial charge in [-0.25, -0.2) is 13.6 Å². The summed E-state index contributed by atoms with van der Waals surface area (Å²) in [4.78, 5) is 11.7. The van der Waals surface area contributed by atoms with Crippen molar-refractivity contribution in [2.45, 2.75) is 17.7 Å². The lowest BCUT2D eigenvalue weighted by molar-refractivity contribution is 0.0953. The number of nitrogens with one attached hydrogen (secondary N) is 1. The largest absolute Gasteiger partial charge is 0.352 e. The highest BCUT2D eigenvalue weighted by Gasteiger charge is 2.13. The summed E-state index contributed by atoms with van der Waals surface area (Å²) in [5.41, 5.74) is 0.221. The van der Waals surface area contributed by atoms with Crippen LogP contribution >= 0.6 is 15.9 Å². The molecule has 0 aromatic heterocycles. The van der Waals surface area contributed by atoms with Crippen molar-refractivity contribution < 1.29 is 13.2 Å². The second-order valence-corrected chi connectivity index (χ2v) is 6.26.